The number of ether oxygens (including phenoxy) is 1. The smallest absolute Gasteiger partial charge is 0.310 e. The van der Waals surface area contributed by atoms with E-state index in [1.165, 1.54) is 7.11 Å². The Morgan fingerprint density at radius 1 is 1.29 bits per heavy atom. The molecule has 128 valence electrons. The maximum Gasteiger partial charge on any atom is 0.310 e. The molecule has 0 spiro atoms. The summed E-state index contributed by atoms with van der Waals surface area (Å²) >= 11 is 0. The van der Waals surface area contributed by atoms with Crippen LogP contribution in [0.4, 0.5) is 5.69 Å². The van der Waals surface area contributed by atoms with Crippen molar-refractivity contribution in [2.75, 3.05) is 12.4 Å². The largest absolute Gasteiger partial charge is 0.469 e. The molecule has 0 saturated heterocycles. The summed E-state index contributed by atoms with van der Waals surface area (Å²) in [6.45, 7) is 1.93. The lowest BCUT2D eigenvalue weighted by Crippen LogP contribution is -2.29. The Balaban J connectivity index is 2.01. The van der Waals surface area contributed by atoms with E-state index in [0.29, 0.717) is 6.04 Å². The average molecular weight is 328 g/mol. The fraction of sp³-hybridized carbons (Fsp3) is 0.474. The Bertz CT molecular complexity index is 737. The monoisotopic (exact) mass is 328 g/mol. The molecule has 1 aliphatic carbocycles. The number of para-hydroxylation sites is 1. The summed E-state index contributed by atoms with van der Waals surface area (Å²) < 4.78 is 4.85. The van der Waals surface area contributed by atoms with Crippen LogP contribution in [0.1, 0.15) is 36.9 Å². The quantitative estimate of drug-likeness (QED) is 0.844. The highest BCUT2D eigenvalue weighted by Crippen LogP contribution is 2.32. The number of carbonyl (C=O) groups is 1. The zero-order chi connectivity index (χ0) is 17.1. The second-order valence-corrected chi connectivity index (χ2v) is 6.47. The molecule has 0 amide bonds. The standard InChI is InChI=1S/C19H24N2O3/c1-12-16(11-18(23)24-2)19(15-5-3-4-6-17(15)20-12)21-13-7-9-14(22)10-8-13/h3-6,13-14,22H,7-11H2,1-2H3,(H,20,21). The molecule has 3 rings (SSSR count). The summed E-state index contributed by atoms with van der Waals surface area (Å²) in [5, 5.41) is 14.4. The molecule has 1 aliphatic rings. The van der Waals surface area contributed by atoms with Crippen molar-refractivity contribution < 1.29 is 14.6 Å². The van der Waals surface area contributed by atoms with Crippen LogP contribution in [0.2, 0.25) is 0 Å². The SMILES string of the molecule is COC(=O)Cc1c(C)nc2ccccc2c1NC1CCC(O)CC1. The van der Waals surface area contributed by atoms with E-state index in [0.717, 1.165) is 53.5 Å². The number of nitrogens with zero attached hydrogens (tertiary/aromatic N) is 1. The Morgan fingerprint density at radius 2 is 2.00 bits per heavy atom. The molecule has 24 heavy (non-hydrogen) atoms. The first-order chi connectivity index (χ1) is 11.6. The van der Waals surface area contributed by atoms with Gasteiger partial charge in [0.2, 0.25) is 0 Å². The summed E-state index contributed by atoms with van der Waals surface area (Å²) in [6.07, 6.45) is 3.49. The first-order valence-electron chi connectivity index (χ1n) is 8.48. The highest BCUT2D eigenvalue weighted by Gasteiger charge is 2.22. The van der Waals surface area contributed by atoms with Gasteiger partial charge in [0.1, 0.15) is 0 Å². The van der Waals surface area contributed by atoms with Crippen LogP contribution >= 0.6 is 0 Å². The predicted octanol–water partition coefficient (Wildman–Crippen LogP) is 2.97. The summed E-state index contributed by atoms with van der Waals surface area (Å²) in [5.74, 6) is -0.266. The minimum absolute atomic E-state index is 0.187. The Hall–Kier alpha value is -2.14. The van der Waals surface area contributed by atoms with Crippen LogP contribution in [0.5, 0.6) is 0 Å². The number of aliphatic hydroxyl groups excluding tert-OH is 1. The number of methoxy groups -OCH3 is 1. The van der Waals surface area contributed by atoms with Crippen LogP contribution < -0.4 is 5.32 Å². The fourth-order valence-electron chi connectivity index (χ4n) is 3.40. The third-order valence-electron chi connectivity index (χ3n) is 4.79. The number of esters is 1. The van der Waals surface area contributed by atoms with Crippen LogP contribution in [-0.4, -0.2) is 35.3 Å². The van der Waals surface area contributed by atoms with Crippen LogP contribution in [0.15, 0.2) is 24.3 Å². The fourth-order valence-corrected chi connectivity index (χ4v) is 3.40. The first-order valence-corrected chi connectivity index (χ1v) is 8.48. The van der Waals surface area contributed by atoms with Crippen molar-refractivity contribution in [3.63, 3.8) is 0 Å². The van der Waals surface area contributed by atoms with Gasteiger partial charge >= 0.3 is 5.97 Å². The van der Waals surface area contributed by atoms with Gasteiger partial charge in [-0.3, -0.25) is 9.78 Å². The Labute approximate surface area is 142 Å². The second-order valence-electron chi connectivity index (χ2n) is 6.47. The highest BCUT2D eigenvalue weighted by molar-refractivity contribution is 5.95. The zero-order valence-corrected chi connectivity index (χ0v) is 14.2. The van der Waals surface area contributed by atoms with Gasteiger partial charge < -0.3 is 15.2 Å². The molecule has 2 aromatic rings. The van der Waals surface area contributed by atoms with Crippen molar-refractivity contribution in [2.24, 2.45) is 0 Å². The molecule has 0 radical (unpaired) electrons. The second kappa shape index (κ2) is 7.18. The molecule has 1 aromatic heterocycles. The first kappa shape index (κ1) is 16.7. The number of fused-ring (bicyclic) bond motifs is 1. The molecule has 1 heterocycles. The van der Waals surface area contributed by atoms with E-state index in [9.17, 15) is 9.90 Å². The molecular weight excluding hydrogens is 304 g/mol. The normalized spacial score (nSPS) is 20.8. The van der Waals surface area contributed by atoms with Gasteiger partial charge in [-0.15, -0.1) is 0 Å². The number of aromatic nitrogens is 1. The number of benzene rings is 1. The van der Waals surface area contributed by atoms with Crippen molar-refractivity contribution in [1.29, 1.82) is 0 Å². The summed E-state index contributed by atoms with van der Waals surface area (Å²) in [5.41, 5.74) is 3.64. The van der Waals surface area contributed by atoms with Crippen molar-refractivity contribution in [2.45, 2.75) is 51.2 Å². The molecule has 5 heteroatoms. The van der Waals surface area contributed by atoms with E-state index in [-0.39, 0.29) is 18.5 Å². The molecule has 1 saturated carbocycles. The van der Waals surface area contributed by atoms with Gasteiger partial charge in [0.05, 0.1) is 25.2 Å². The van der Waals surface area contributed by atoms with E-state index in [4.69, 9.17) is 4.74 Å². The number of hydrogen-bond acceptors (Lipinski definition) is 5. The summed E-state index contributed by atoms with van der Waals surface area (Å²) in [4.78, 5) is 16.5. The Morgan fingerprint density at radius 3 is 2.71 bits per heavy atom. The number of aliphatic hydroxyl groups is 1. The molecular formula is C19H24N2O3. The van der Waals surface area contributed by atoms with Crippen LogP contribution in [0.3, 0.4) is 0 Å². The average Bonchev–Trinajstić information content (AvgIpc) is 2.59. The van der Waals surface area contributed by atoms with E-state index < -0.39 is 0 Å². The van der Waals surface area contributed by atoms with Crippen LogP contribution in [0, 0.1) is 6.92 Å². The third kappa shape index (κ3) is 3.51. The van der Waals surface area contributed by atoms with Gasteiger partial charge in [-0.1, -0.05) is 18.2 Å². The molecule has 1 aromatic carbocycles. The highest BCUT2D eigenvalue weighted by atomic mass is 16.5. The van der Waals surface area contributed by atoms with Gasteiger partial charge in [0.25, 0.3) is 0 Å². The predicted molar refractivity (Wildman–Crippen MR) is 94.1 cm³/mol. The molecule has 0 bridgehead atoms. The number of anilines is 1. The molecule has 0 unspecified atom stereocenters. The lowest BCUT2D eigenvalue weighted by Gasteiger charge is -2.29. The summed E-state index contributed by atoms with van der Waals surface area (Å²) in [6, 6.07) is 8.27. The molecule has 0 aliphatic heterocycles. The van der Waals surface area contributed by atoms with Crippen LogP contribution in [-0.2, 0) is 16.0 Å². The third-order valence-corrected chi connectivity index (χ3v) is 4.79. The van der Waals surface area contributed by atoms with E-state index in [1.807, 2.05) is 31.2 Å². The molecule has 2 N–H and O–H groups in total. The Kier molecular flexibility index (Phi) is 5.00. The van der Waals surface area contributed by atoms with E-state index in [2.05, 4.69) is 10.3 Å². The molecule has 1 fully saturated rings. The number of aryl methyl sites for hydroxylation is 1. The minimum Gasteiger partial charge on any atom is -0.469 e. The zero-order valence-electron chi connectivity index (χ0n) is 14.2. The number of carbonyl (C=O) groups excluding carboxylic acids is 1. The lowest BCUT2D eigenvalue weighted by molar-refractivity contribution is -0.139. The minimum atomic E-state index is -0.266. The van der Waals surface area contributed by atoms with Crippen molar-refractivity contribution in [3.8, 4) is 0 Å². The maximum absolute atomic E-state index is 11.8. The molecule has 0 atom stereocenters. The maximum atomic E-state index is 11.8. The van der Waals surface area contributed by atoms with Gasteiger partial charge in [-0.25, -0.2) is 0 Å². The van der Waals surface area contributed by atoms with Crippen LogP contribution in [0.25, 0.3) is 10.9 Å². The van der Waals surface area contributed by atoms with Gasteiger partial charge in [0.15, 0.2) is 0 Å². The van der Waals surface area contributed by atoms with E-state index >= 15 is 0 Å². The lowest BCUT2D eigenvalue weighted by atomic mass is 9.92. The molecule has 5 nitrogen and oxygen atoms in total. The van der Waals surface area contributed by atoms with Crippen molar-refractivity contribution >= 4 is 22.6 Å². The number of nitrogens with one attached hydrogen (secondary N) is 1. The van der Waals surface area contributed by atoms with Gasteiger partial charge in [-0.2, -0.15) is 0 Å². The summed E-state index contributed by atoms with van der Waals surface area (Å²) in [7, 11) is 1.40. The number of rotatable bonds is 4. The van der Waals surface area contributed by atoms with Gasteiger partial charge in [0, 0.05) is 28.4 Å². The topological polar surface area (TPSA) is 71.5 Å². The van der Waals surface area contributed by atoms with Crippen molar-refractivity contribution in [3.05, 3.63) is 35.5 Å². The van der Waals surface area contributed by atoms with E-state index in [1.54, 1.807) is 0 Å². The van der Waals surface area contributed by atoms with Gasteiger partial charge in [-0.05, 0) is 38.7 Å². The van der Waals surface area contributed by atoms with Crippen molar-refractivity contribution in [1.82, 2.24) is 4.98 Å². The number of pyridine rings is 1. The number of hydrogen-bond donors (Lipinski definition) is 2.